The molecule has 0 amide bonds. The summed E-state index contributed by atoms with van der Waals surface area (Å²) in [5.74, 6) is 1.71. The van der Waals surface area contributed by atoms with E-state index >= 15 is 0 Å². The van der Waals surface area contributed by atoms with E-state index in [1.807, 2.05) is 66.7 Å². The largest absolute Gasteiger partial charge is 0.456 e. The third kappa shape index (κ3) is 5.95. The molecule has 0 saturated heterocycles. The van der Waals surface area contributed by atoms with Gasteiger partial charge in [-0.15, -0.1) is 0 Å². The standard InChI is InChI=1S/C46H33N3O/c1-3-32(26-25-31(2)33-15-6-4-7-16-33)44-47-45(36-29-27-35(28-30-36)34-17-8-5-9-18-34)49-46(48-44)39-20-11-10-19-37(39)38-22-14-24-42-43(38)40-21-12-13-23-41(40)50-42/h3-30H,1H2,2H3/b31-25+,32-26+. The van der Waals surface area contributed by atoms with E-state index in [0.29, 0.717) is 17.5 Å². The molecule has 2 aromatic heterocycles. The molecular weight excluding hydrogens is 611 g/mol. The van der Waals surface area contributed by atoms with Gasteiger partial charge in [0.25, 0.3) is 0 Å². The lowest BCUT2D eigenvalue weighted by molar-refractivity contribution is 0.669. The quantitative estimate of drug-likeness (QED) is 0.155. The van der Waals surface area contributed by atoms with Gasteiger partial charge in [-0.2, -0.15) is 0 Å². The van der Waals surface area contributed by atoms with E-state index in [1.165, 1.54) is 0 Å². The molecule has 0 atom stereocenters. The fourth-order valence-corrected chi connectivity index (χ4v) is 6.35. The van der Waals surface area contributed by atoms with Crippen molar-refractivity contribution in [3.63, 3.8) is 0 Å². The zero-order valence-corrected chi connectivity index (χ0v) is 27.6. The van der Waals surface area contributed by atoms with Crippen molar-refractivity contribution >= 4 is 33.1 Å². The van der Waals surface area contributed by atoms with Crippen LogP contribution in [0.3, 0.4) is 0 Å². The molecule has 6 aromatic carbocycles. The average molecular weight is 644 g/mol. The second-order valence-electron chi connectivity index (χ2n) is 12.1. The molecule has 4 nitrogen and oxygen atoms in total. The van der Waals surface area contributed by atoms with Crippen LogP contribution in [0.4, 0.5) is 0 Å². The van der Waals surface area contributed by atoms with Crippen LogP contribution in [0.25, 0.3) is 78.1 Å². The molecule has 0 spiro atoms. The van der Waals surface area contributed by atoms with Crippen molar-refractivity contribution in [3.8, 4) is 45.0 Å². The van der Waals surface area contributed by atoms with Gasteiger partial charge in [0, 0.05) is 27.5 Å². The predicted octanol–water partition coefficient (Wildman–Crippen LogP) is 12.1. The Morgan fingerprint density at radius 2 is 1.12 bits per heavy atom. The first-order valence-electron chi connectivity index (χ1n) is 16.6. The Morgan fingerprint density at radius 3 is 1.90 bits per heavy atom. The Kier molecular flexibility index (Phi) is 8.26. The molecule has 238 valence electrons. The van der Waals surface area contributed by atoms with Crippen molar-refractivity contribution in [3.05, 3.63) is 188 Å². The highest BCUT2D eigenvalue weighted by molar-refractivity contribution is 6.13. The first-order chi connectivity index (χ1) is 24.7. The topological polar surface area (TPSA) is 51.8 Å². The van der Waals surface area contributed by atoms with Crippen LogP contribution < -0.4 is 0 Å². The number of furan rings is 1. The molecule has 50 heavy (non-hydrogen) atoms. The second-order valence-corrected chi connectivity index (χ2v) is 12.1. The third-order valence-electron chi connectivity index (χ3n) is 8.97. The number of benzene rings is 6. The van der Waals surface area contributed by atoms with Crippen molar-refractivity contribution in [2.75, 3.05) is 0 Å². The van der Waals surface area contributed by atoms with Gasteiger partial charge in [0.05, 0.1) is 0 Å². The monoisotopic (exact) mass is 643 g/mol. The summed E-state index contributed by atoms with van der Waals surface area (Å²) in [5.41, 5.74) is 10.9. The Balaban J connectivity index is 1.30. The van der Waals surface area contributed by atoms with Crippen molar-refractivity contribution < 1.29 is 4.42 Å². The number of fused-ring (bicyclic) bond motifs is 3. The molecule has 4 heteroatoms. The highest BCUT2D eigenvalue weighted by Gasteiger charge is 2.19. The predicted molar refractivity (Wildman–Crippen MR) is 207 cm³/mol. The van der Waals surface area contributed by atoms with Crippen LogP contribution in [0.15, 0.2) is 181 Å². The lowest BCUT2D eigenvalue weighted by Crippen LogP contribution is -2.03. The molecule has 0 aliphatic rings. The molecule has 0 aliphatic heterocycles. The van der Waals surface area contributed by atoms with E-state index in [4.69, 9.17) is 19.4 Å². The minimum absolute atomic E-state index is 0.547. The normalized spacial score (nSPS) is 12.0. The second kappa shape index (κ2) is 13.5. The van der Waals surface area contributed by atoms with E-state index in [-0.39, 0.29) is 0 Å². The maximum Gasteiger partial charge on any atom is 0.164 e. The number of aromatic nitrogens is 3. The number of nitrogens with zero attached hydrogens (tertiary/aromatic N) is 3. The molecule has 8 aromatic rings. The summed E-state index contributed by atoms with van der Waals surface area (Å²) in [4.78, 5) is 15.3. The molecule has 0 aliphatic carbocycles. The summed E-state index contributed by atoms with van der Waals surface area (Å²) in [6, 6.07) is 51.7. The number of para-hydroxylation sites is 1. The first-order valence-corrected chi connectivity index (χ1v) is 16.6. The van der Waals surface area contributed by atoms with Crippen LogP contribution in [0.2, 0.25) is 0 Å². The highest BCUT2D eigenvalue weighted by atomic mass is 16.3. The van der Waals surface area contributed by atoms with Gasteiger partial charge >= 0.3 is 0 Å². The first kappa shape index (κ1) is 30.7. The van der Waals surface area contributed by atoms with Gasteiger partial charge in [-0.1, -0.05) is 164 Å². The van der Waals surface area contributed by atoms with E-state index in [1.54, 1.807) is 6.08 Å². The Labute approximate surface area is 291 Å². The van der Waals surface area contributed by atoms with Crippen LogP contribution in [-0.4, -0.2) is 15.0 Å². The summed E-state index contributed by atoms with van der Waals surface area (Å²) < 4.78 is 6.26. The maximum absolute atomic E-state index is 6.26. The number of rotatable bonds is 8. The van der Waals surface area contributed by atoms with E-state index in [2.05, 4.69) is 111 Å². The lowest BCUT2D eigenvalue weighted by atomic mass is 9.95. The SMILES string of the molecule is C=C/C(=C\C=C(/C)c1ccccc1)c1nc(-c2ccc(-c3ccccc3)cc2)nc(-c2ccccc2-c2cccc3oc4ccccc4c23)n1. The molecule has 0 fully saturated rings. The summed E-state index contributed by atoms with van der Waals surface area (Å²) in [5, 5.41) is 2.13. The Hall–Kier alpha value is -6.65. The lowest BCUT2D eigenvalue weighted by Gasteiger charge is -2.13. The zero-order chi connectivity index (χ0) is 33.9. The summed E-state index contributed by atoms with van der Waals surface area (Å²) >= 11 is 0. The van der Waals surface area contributed by atoms with Crippen LogP contribution in [0.5, 0.6) is 0 Å². The zero-order valence-electron chi connectivity index (χ0n) is 27.6. The van der Waals surface area contributed by atoms with Crippen LogP contribution in [-0.2, 0) is 0 Å². The van der Waals surface area contributed by atoms with Gasteiger partial charge in [-0.05, 0) is 52.4 Å². The molecule has 0 radical (unpaired) electrons. The van der Waals surface area contributed by atoms with Gasteiger partial charge in [0.15, 0.2) is 17.5 Å². The van der Waals surface area contributed by atoms with Gasteiger partial charge < -0.3 is 4.42 Å². The Bertz CT molecular complexity index is 2540. The van der Waals surface area contributed by atoms with Crippen LogP contribution >= 0.6 is 0 Å². The molecule has 0 unspecified atom stereocenters. The maximum atomic E-state index is 6.26. The van der Waals surface area contributed by atoms with E-state index < -0.39 is 0 Å². The van der Waals surface area contributed by atoms with Crippen molar-refractivity contribution in [1.29, 1.82) is 0 Å². The summed E-state index contributed by atoms with van der Waals surface area (Å²) in [6.45, 7) is 6.25. The highest BCUT2D eigenvalue weighted by Crippen LogP contribution is 2.40. The molecule has 0 N–H and O–H groups in total. The number of allylic oxidation sites excluding steroid dienone is 5. The minimum Gasteiger partial charge on any atom is -0.456 e. The van der Waals surface area contributed by atoms with Crippen molar-refractivity contribution in [1.82, 2.24) is 15.0 Å². The van der Waals surface area contributed by atoms with Gasteiger partial charge in [-0.25, -0.2) is 15.0 Å². The van der Waals surface area contributed by atoms with E-state index in [0.717, 1.165) is 72.0 Å². The van der Waals surface area contributed by atoms with E-state index in [9.17, 15) is 0 Å². The average Bonchev–Trinajstić information content (AvgIpc) is 3.58. The smallest absolute Gasteiger partial charge is 0.164 e. The minimum atomic E-state index is 0.547. The number of hydrogen-bond donors (Lipinski definition) is 0. The molecule has 0 bridgehead atoms. The summed E-state index contributed by atoms with van der Waals surface area (Å²) in [6.07, 6.45) is 5.92. The Morgan fingerprint density at radius 1 is 0.520 bits per heavy atom. The van der Waals surface area contributed by atoms with Gasteiger partial charge in [0.2, 0.25) is 0 Å². The van der Waals surface area contributed by atoms with Crippen LogP contribution in [0, 0.1) is 0 Å². The van der Waals surface area contributed by atoms with Gasteiger partial charge in [0.1, 0.15) is 11.2 Å². The molecule has 2 heterocycles. The van der Waals surface area contributed by atoms with Crippen LogP contribution in [0.1, 0.15) is 18.3 Å². The fourth-order valence-electron chi connectivity index (χ4n) is 6.35. The molecule has 0 saturated carbocycles. The summed E-state index contributed by atoms with van der Waals surface area (Å²) in [7, 11) is 0. The van der Waals surface area contributed by atoms with Gasteiger partial charge in [-0.3, -0.25) is 0 Å². The molecular formula is C46H33N3O. The van der Waals surface area contributed by atoms with Crippen molar-refractivity contribution in [2.24, 2.45) is 0 Å². The number of hydrogen-bond acceptors (Lipinski definition) is 4. The molecule has 8 rings (SSSR count). The fraction of sp³-hybridized carbons (Fsp3) is 0.0217. The third-order valence-corrected chi connectivity index (χ3v) is 8.97. The van der Waals surface area contributed by atoms with Crippen molar-refractivity contribution in [2.45, 2.75) is 6.92 Å².